The third kappa shape index (κ3) is 3.76. The molecule has 1 fully saturated rings. The van der Waals surface area contributed by atoms with Gasteiger partial charge in [0, 0.05) is 18.6 Å². The molecular weight excluding hydrogens is 204 g/mol. The van der Waals surface area contributed by atoms with Crippen LogP contribution in [0.4, 0.5) is 0 Å². The number of piperidine rings is 1. The molecule has 0 bridgehead atoms. The molecule has 4 nitrogen and oxygen atoms in total. The average molecular weight is 228 g/mol. The maximum absolute atomic E-state index is 11.4. The molecule has 0 spiro atoms. The van der Waals surface area contributed by atoms with E-state index in [2.05, 4.69) is 11.8 Å². The van der Waals surface area contributed by atoms with Gasteiger partial charge in [-0.2, -0.15) is 0 Å². The molecule has 0 aromatic rings. The topological polar surface area (TPSA) is 55.6 Å². The molecule has 0 saturated carbocycles. The summed E-state index contributed by atoms with van der Waals surface area (Å²) >= 11 is 0. The molecule has 2 unspecified atom stereocenters. The van der Waals surface area contributed by atoms with Crippen LogP contribution in [0.3, 0.4) is 0 Å². The smallest absolute Gasteiger partial charge is 0.307 e. The molecule has 4 heteroatoms. The van der Waals surface area contributed by atoms with Crippen molar-refractivity contribution in [2.45, 2.75) is 51.6 Å². The fraction of sp³-hybridized carbons (Fsp3) is 0.917. The summed E-state index contributed by atoms with van der Waals surface area (Å²) < 4.78 is 4.98. The Morgan fingerprint density at radius 3 is 2.94 bits per heavy atom. The molecule has 1 rings (SSSR count). The number of carbonyl (C=O) groups is 1. The van der Waals surface area contributed by atoms with E-state index in [4.69, 9.17) is 10.5 Å². The predicted molar refractivity (Wildman–Crippen MR) is 64.1 cm³/mol. The molecule has 1 saturated heterocycles. The zero-order valence-corrected chi connectivity index (χ0v) is 10.4. The van der Waals surface area contributed by atoms with Crippen molar-refractivity contribution in [2.24, 2.45) is 5.73 Å². The van der Waals surface area contributed by atoms with Crippen LogP contribution in [0.2, 0.25) is 0 Å². The van der Waals surface area contributed by atoms with Crippen LogP contribution in [0.25, 0.3) is 0 Å². The Morgan fingerprint density at radius 1 is 1.56 bits per heavy atom. The van der Waals surface area contributed by atoms with E-state index in [1.165, 1.54) is 12.8 Å². The fourth-order valence-corrected chi connectivity index (χ4v) is 2.43. The zero-order chi connectivity index (χ0) is 12.0. The van der Waals surface area contributed by atoms with Gasteiger partial charge in [0.2, 0.25) is 0 Å². The molecule has 0 amide bonds. The van der Waals surface area contributed by atoms with Gasteiger partial charge in [-0.15, -0.1) is 0 Å². The number of hydrogen-bond acceptors (Lipinski definition) is 4. The number of ether oxygens (including phenoxy) is 1. The van der Waals surface area contributed by atoms with Crippen LogP contribution in [0, 0.1) is 0 Å². The average Bonchev–Trinajstić information content (AvgIpc) is 2.29. The molecule has 0 aromatic carbocycles. The van der Waals surface area contributed by atoms with Gasteiger partial charge >= 0.3 is 5.97 Å². The summed E-state index contributed by atoms with van der Waals surface area (Å²) in [6.45, 7) is 6.14. The Morgan fingerprint density at radius 2 is 2.31 bits per heavy atom. The molecule has 2 atom stereocenters. The SMILES string of the molecule is CCOC(=O)CC(C)N1CCCCC1CN. The van der Waals surface area contributed by atoms with Crippen molar-refractivity contribution in [2.75, 3.05) is 19.7 Å². The van der Waals surface area contributed by atoms with Gasteiger partial charge in [-0.25, -0.2) is 0 Å². The third-order valence-electron chi connectivity index (χ3n) is 3.28. The van der Waals surface area contributed by atoms with Gasteiger partial charge in [-0.3, -0.25) is 9.69 Å². The Balaban J connectivity index is 2.43. The third-order valence-corrected chi connectivity index (χ3v) is 3.28. The first-order valence-corrected chi connectivity index (χ1v) is 6.30. The molecule has 16 heavy (non-hydrogen) atoms. The van der Waals surface area contributed by atoms with E-state index < -0.39 is 0 Å². The van der Waals surface area contributed by atoms with Crippen molar-refractivity contribution < 1.29 is 9.53 Å². The second-order valence-electron chi connectivity index (χ2n) is 4.48. The lowest BCUT2D eigenvalue weighted by atomic mass is 9.99. The van der Waals surface area contributed by atoms with Crippen molar-refractivity contribution in [3.63, 3.8) is 0 Å². The van der Waals surface area contributed by atoms with E-state index in [0.29, 0.717) is 25.6 Å². The van der Waals surface area contributed by atoms with Gasteiger partial charge in [0.05, 0.1) is 13.0 Å². The monoisotopic (exact) mass is 228 g/mol. The van der Waals surface area contributed by atoms with Crippen molar-refractivity contribution in [1.29, 1.82) is 0 Å². The van der Waals surface area contributed by atoms with Crippen molar-refractivity contribution in [1.82, 2.24) is 4.90 Å². The maximum atomic E-state index is 11.4. The predicted octanol–water partition coefficient (Wildman–Crippen LogP) is 1.14. The molecule has 94 valence electrons. The lowest BCUT2D eigenvalue weighted by Gasteiger charge is -2.39. The maximum Gasteiger partial charge on any atom is 0.307 e. The minimum absolute atomic E-state index is 0.101. The lowest BCUT2D eigenvalue weighted by molar-refractivity contribution is -0.144. The first-order chi connectivity index (χ1) is 7.69. The molecule has 0 radical (unpaired) electrons. The Kier molecular flexibility index (Phi) is 5.77. The summed E-state index contributed by atoms with van der Waals surface area (Å²) in [5.41, 5.74) is 5.76. The summed E-state index contributed by atoms with van der Waals surface area (Å²) in [7, 11) is 0. The van der Waals surface area contributed by atoms with Gasteiger partial charge in [0.1, 0.15) is 0 Å². The van der Waals surface area contributed by atoms with Crippen LogP contribution in [0.1, 0.15) is 39.5 Å². The van der Waals surface area contributed by atoms with Crippen LogP contribution in [0.5, 0.6) is 0 Å². The number of likely N-dealkylation sites (tertiary alicyclic amines) is 1. The summed E-state index contributed by atoms with van der Waals surface area (Å²) in [4.78, 5) is 13.8. The van der Waals surface area contributed by atoms with Crippen LogP contribution in [0.15, 0.2) is 0 Å². The van der Waals surface area contributed by atoms with Crippen LogP contribution in [-0.2, 0) is 9.53 Å². The highest BCUT2D eigenvalue weighted by Gasteiger charge is 2.26. The van der Waals surface area contributed by atoms with Crippen LogP contribution >= 0.6 is 0 Å². The van der Waals surface area contributed by atoms with Gasteiger partial charge < -0.3 is 10.5 Å². The molecule has 1 aliphatic heterocycles. The highest BCUT2D eigenvalue weighted by molar-refractivity contribution is 5.70. The van der Waals surface area contributed by atoms with Crippen molar-refractivity contribution in [3.05, 3.63) is 0 Å². The van der Waals surface area contributed by atoms with E-state index in [1.807, 2.05) is 6.92 Å². The van der Waals surface area contributed by atoms with Crippen molar-refractivity contribution in [3.8, 4) is 0 Å². The van der Waals surface area contributed by atoms with E-state index in [-0.39, 0.29) is 12.0 Å². The summed E-state index contributed by atoms with van der Waals surface area (Å²) in [6.07, 6.45) is 4.10. The number of esters is 1. The largest absolute Gasteiger partial charge is 0.466 e. The van der Waals surface area contributed by atoms with Gasteiger partial charge in [-0.05, 0) is 33.2 Å². The minimum Gasteiger partial charge on any atom is -0.466 e. The van der Waals surface area contributed by atoms with Crippen molar-refractivity contribution >= 4 is 5.97 Å². The van der Waals surface area contributed by atoms with Gasteiger partial charge in [0.15, 0.2) is 0 Å². The first-order valence-electron chi connectivity index (χ1n) is 6.30. The molecule has 1 heterocycles. The fourth-order valence-electron chi connectivity index (χ4n) is 2.43. The number of nitrogens with two attached hydrogens (primary N) is 1. The standard InChI is InChI=1S/C12H24N2O2/c1-3-16-12(15)8-10(2)14-7-5-4-6-11(14)9-13/h10-11H,3-9,13H2,1-2H3. The van der Waals surface area contributed by atoms with E-state index >= 15 is 0 Å². The second kappa shape index (κ2) is 6.86. The molecule has 0 aliphatic carbocycles. The summed E-state index contributed by atoms with van der Waals surface area (Å²) in [5, 5.41) is 0. The quantitative estimate of drug-likeness (QED) is 0.717. The number of rotatable bonds is 5. The lowest BCUT2D eigenvalue weighted by Crippen LogP contribution is -2.49. The number of nitrogens with zero attached hydrogens (tertiary/aromatic N) is 1. The van der Waals surface area contributed by atoms with Gasteiger partial charge in [0.25, 0.3) is 0 Å². The Hall–Kier alpha value is -0.610. The van der Waals surface area contributed by atoms with E-state index in [0.717, 1.165) is 13.0 Å². The summed E-state index contributed by atoms with van der Waals surface area (Å²) in [6, 6.07) is 0.686. The highest BCUT2D eigenvalue weighted by Crippen LogP contribution is 2.20. The first kappa shape index (κ1) is 13.5. The Labute approximate surface area is 98.1 Å². The van der Waals surface area contributed by atoms with Crippen LogP contribution < -0.4 is 5.73 Å². The Bertz CT molecular complexity index is 221. The number of hydrogen-bond donors (Lipinski definition) is 1. The minimum atomic E-state index is -0.101. The van der Waals surface area contributed by atoms with E-state index in [9.17, 15) is 4.79 Å². The number of carbonyl (C=O) groups excluding carboxylic acids is 1. The molecule has 2 N–H and O–H groups in total. The molecule has 1 aliphatic rings. The normalized spacial score (nSPS) is 24.1. The van der Waals surface area contributed by atoms with Crippen LogP contribution in [-0.4, -0.2) is 42.6 Å². The molecule has 0 aromatic heterocycles. The van der Waals surface area contributed by atoms with E-state index in [1.54, 1.807) is 0 Å². The van der Waals surface area contributed by atoms with Gasteiger partial charge in [-0.1, -0.05) is 6.42 Å². The highest BCUT2D eigenvalue weighted by atomic mass is 16.5. The zero-order valence-electron chi connectivity index (χ0n) is 10.4. The second-order valence-corrected chi connectivity index (χ2v) is 4.48. The summed E-state index contributed by atoms with van der Waals surface area (Å²) in [5.74, 6) is -0.101. The molecular formula is C12H24N2O2.